The summed E-state index contributed by atoms with van der Waals surface area (Å²) in [5.74, 6) is 0. The third-order valence-electron chi connectivity index (χ3n) is 3.41. The Balaban J connectivity index is 2.18. The van der Waals surface area contributed by atoms with Crippen LogP contribution in [0.3, 0.4) is 0 Å². The average Bonchev–Trinajstić information content (AvgIpc) is 2.38. The van der Waals surface area contributed by atoms with Crippen molar-refractivity contribution in [1.29, 1.82) is 0 Å². The molecule has 0 bridgehead atoms. The van der Waals surface area contributed by atoms with Crippen molar-refractivity contribution in [3.63, 3.8) is 0 Å². The molecular formula is C13H19ClN2O2S. The van der Waals surface area contributed by atoms with E-state index in [1.807, 2.05) is 6.07 Å². The fourth-order valence-electron chi connectivity index (χ4n) is 2.55. The lowest BCUT2D eigenvalue weighted by Crippen LogP contribution is -2.40. The van der Waals surface area contributed by atoms with Crippen LogP contribution in [0, 0.1) is 0 Å². The molecule has 4 nitrogen and oxygen atoms in total. The van der Waals surface area contributed by atoms with Crippen molar-refractivity contribution in [2.75, 3.05) is 19.7 Å². The summed E-state index contributed by atoms with van der Waals surface area (Å²) in [6, 6.07) is 3.77. The maximum Gasteiger partial charge on any atom is 0.130 e. The Labute approximate surface area is 123 Å². The van der Waals surface area contributed by atoms with Crippen LogP contribution in [-0.2, 0) is 0 Å². The van der Waals surface area contributed by atoms with Gasteiger partial charge in [0.25, 0.3) is 0 Å². The van der Waals surface area contributed by atoms with Crippen molar-refractivity contribution < 1.29 is 10.2 Å². The number of halogens is 1. The minimum atomic E-state index is -0.713. The summed E-state index contributed by atoms with van der Waals surface area (Å²) in [6.45, 7) is 1.14. The van der Waals surface area contributed by atoms with Crippen LogP contribution >= 0.6 is 24.2 Å². The molecule has 1 aromatic rings. The number of β-amino-alcohol motifs (C(OH)–C–C–N with tert-alkyl or cyclic N) is 1. The third-order valence-corrected chi connectivity index (χ3v) is 3.86. The van der Waals surface area contributed by atoms with Crippen LogP contribution in [0.4, 0.5) is 0 Å². The number of aliphatic hydroxyl groups excluding tert-OH is 2. The molecule has 1 aromatic heterocycles. The Hall–Kier alpha value is -0.330. The number of piperidine rings is 1. The Bertz CT molecular complexity index is 413. The quantitative estimate of drug-likeness (QED) is 0.587. The van der Waals surface area contributed by atoms with E-state index in [4.69, 9.17) is 16.7 Å². The third kappa shape index (κ3) is 4.07. The molecule has 2 atom stereocenters. The van der Waals surface area contributed by atoms with Crippen LogP contribution in [0.2, 0.25) is 5.15 Å². The van der Waals surface area contributed by atoms with Crippen LogP contribution in [-0.4, -0.2) is 45.9 Å². The maximum absolute atomic E-state index is 9.63. The fraction of sp³-hybridized carbons (Fsp3) is 0.615. The lowest BCUT2D eigenvalue weighted by atomic mass is 9.98. The van der Waals surface area contributed by atoms with E-state index in [1.165, 1.54) is 0 Å². The molecule has 1 aliphatic rings. The maximum atomic E-state index is 9.63. The Kier molecular flexibility index (Phi) is 5.47. The van der Waals surface area contributed by atoms with Gasteiger partial charge in [0.1, 0.15) is 5.15 Å². The van der Waals surface area contributed by atoms with Gasteiger partial charge in [-0.3, -0.25) is 4.90 Å². The van der Waals surface area contributed by atoms with Crippen molar-refractivity contribution in [3.8, 4) is 0 Å². The summed E-state index contributed by atoms with van der Waals surface area (Å²) in [7, 11) is 0. The van der Waals surface area contributed by atoms with Gasteiger partial charge in [0.2, 0.25) is 0 Å². The molecule has 0 radical (unpaired) electrons. The molecule has 106 valence electrons. The fourth-order valence-corrected chi connectivity index (χ4v) is 3.09. The number of thiol groups is 1. The second-order valence-electron chi connectivity index (χ2n) is 4.92. The van der Waals surface area contributed by atoms with Gasteiger partial charge in [0.05, 0.1) is 24.4 Å². The van der Waals surface area contributed by atoms with Crippen molar-refractivity contribution in [2.24, 2.45) is 0 Å². The molecule has 2 N–H and O–H groups in total. The largest absolute Gasteiger partial charge is 0.394 e. The van der Waals surface area contributed by atoms with Gasteiger partial charge >= 0.3 is 0 Å². The summed E-state index contributed by atoms with van der Waals surface area (Å²) in [6.07, 6.45) is 2.50. The van der Waals surface area contributed by atoms with E-state index in [0.717, 1.165) is 36.4 Å². The highest BCUT2D eigenvalue weighted by Gasteiger charge is 2.26. The monoisotopic (exact) mass is 302 g/mol. The number of rotatable bonds is 4. The topological polar surface area (TPSA) is 56.6 Å². The molecule has 6 heteroatoms. The van der Waals surface area contributed by atoms with Crippen molar-refractivity contribution in [3.05, 3.63) is 23.0 Å². The van der Waals surface area contributed by atoms with Crippen LogP contribution in [0.1, 0.15) is 31.0 Å². The van der Waals surface area contributed by atoms with Crippen molar-refractivity contribution in [2.45, 2.75) is 36.3 Å². The molecule has 1 aliphatic heterocycles. The second-order valence-corrected chi connectivity index (χ2v) is 5.82. The first-order valence-electron chi connectivity index (χ1n) is 6.49. The summed E-state index contributed by atoms with van der Waals surface area (Å²) >= 11 is 10.3. The predicted octanol–water partition coefficient (Wildman–Crippen LogP) is 1.90. The van der Waals surface area contributed by atoms with Crippen LogP contribution in [0.5, 0.6) is 0 Å². The smallest absolute Gasteiger partial charge is 0.130 e. The molecule has 2 unspecified atom stereocenters. The molecule has 1 fully saturated rings. The standard InChI is InChI=1S/C13H19ClN2O2S/c14-13-6-10(19)5-11(15-13)12-3-1-2-4-16(12)7-9(18)8-17/h5-6,9,12,17-18H,1-4,7-8H2,(H,15,19). The van der Waals surface area contributed by atoms with Gasteiger partial charge in [-0.15, -0.1) is 12.6 Å². The van der Waals surface area contributed by atoms with Crippen LogP contribution in [0.25, 0.3) is 0 Å². The molecule has 0 aliphatic carbocycles. The molecule has 0 spiro atoms. The zero-order valence-electron chi connectivity index (χ0n) is 10.7. The Morgan fingerprint density at radius 2 is 2.26 bits per heavy atom. The molecule has 19 heavy (non-hydrogen) atoms. The molecule has 1 saturated heterocycles. The summed E-state index contributed by atoms with van der Waals surface area (Å²) in [5.41, 5.74) is 0.891. The lowest BCUT2D eigenvalue weighted by Gasteiger charge is -2.36. The van der Waals surface area contributed by atoms with Crippen molar-refractivity contribution >= 4 is 24.2 Å². The van der Waals surface area contributed by atoms with Gasteiger partial charge in [0, 0.05) is 11.4 Å². The number of hydrogen-bond donors (Lipinski definition) is 3. The molecule has 0 amide bonds. The molecule has 2 rings (SSSR count). The second kappa shape index (κ2) is 6.90. The number of aliphatic hydroxyl groups is 2. The average molecular weight is 303 g/mol. The van der Waals surface area contributed by atoms with E-state index in [0.29, 0.717) is 11.7 Å². The SMILES string of the molecule is OCC(O)CN1CCCCC1c1cc(S)cc(Cl)n1. The number of pyridine rings is 1. The first-order chi connectivity index (χ1) is 9.10. The lowest BCUT2D eigenvalue weighted by molar-refractivity contribution is 0.0318. The Morgan fingerprint density at radius 1 is 1.47 bits per heavy atom. The highest BCUT2D eigenvalue weighted by molar-refractivity contribution is 7.80. The van der Waals surface area contributed by atoms with Gasteiger partial charge in [0.15, 0.2) is 0 Å². The number of nitrogens with zero attached hydrogens (tertiary/aromatic N) is 2. The first-order valence-corrected chi connectivity index (χ1v) is 7.32. The minimum Gasteiger partial charge on any atom is -0.394 e. The van der Waals surface area contributed by atoms with E-state index in [9.17, 15) is 5.11 Å². The molecule has 0 aromatic carbocycles. The zero-order chi connectivity index (χ0) is 13.8. The van der Waals surface area contributed by atoms with E-state index >= 15 is 0 Å². The Morgan fingerprint density at radius 3 is 2.95 bits per heavy atom. The summed E-state index contributed by atoms with van der Waals surface area (Å²) < 4.78 is 0. The molecule has 0 saturated carbocycles. The molecular weight excluding hydrogens is 284 g/mol. The normalized spacial score (nSPS) is 22.4. The van der Waals surface area contributed by atoms with E-state index < -0.39 is 6.10 Å². The highest BCUT2D eigenvalue weighted by Crippen LogP contribution is 2.31. The minimum absolute atomic E-state index is 0.138. The predicted molar refractivity (Wildman–Crippen MR) is 77.8 cm³/mol. The van der Waals surface area contributed by atoms with Crippen LogP contribution in [0.15, 0.2) is 17.0 Å². The first kappa shape index (κ1) is 15.1. The van der Waals surface area contributed by atoms with Gasteiger partial charge in [-0.25, -0.2) is 4.98 Å². The van der Waals surface area contributed by atoms with Gasteiger partial charge < -0.3 is 10.2 Å². The number of likely N-dealkylation sites (tertiary alicyclic amines) is 1. The van der Waals surface area contributed by atoms with Gasteiger partial charge in [-0.1, -0.05) is 18.0 Å². The summed E-state index contributed by atoms with van der Waals surface area (Å²) in [5, 5.41) is 19.1. The number of hydrogen-bond acceptors (Lipinski definition) is 5. The highest BCUT2D eigenvalue weighted by atomic mass is 35.5. The van der Waals surface area contributed by atoms with Gasteiger partial charge in [-0.2, -0.15) is 0 Å². The van der Waals surface area contributed by atoms with E-state index in [1.54, 1.807) is 6.07 Å². The zero-order valence-corrected chi connectivity index (χ0v) is 12.3. The van der Waals surface area contributed by atoms with Crippen LogP contribution < -0.4 is 0 Å². The van der Waals surface area contributed by atoms with E-state index in [-0.39, 0.29) is 12.6 Å². The summed E-state index contributed by atoms with van der Waals surface area (Å²) in [4.78, 5) is 7.33. The van der Waals surface area contributed by atoms with E-state index in [2.05, 4.69) is 22.5 Å². The number of aromatic nitrogens is 1. The van der Waals surface area contributed by atoms with Crippen molar-refractivity contribution in [1.82, 2.24) is 9.88 Å². The van der Waals surface area contributed by atoms with Gasteiger partial charge in [-0.05, 0) is 31.5 Å². The molecule has 2 heterocycles.